The third-order valence-corrected chi connectivity index (χ3v) is 5.34. The largest absolute Gasteiger partial charge is 0.450 e. The normalized spacial score (nSPS) is 15.1. The number of carbonyl (C=O) groups excluding carboxylic acids is 3. The van der Waals surface area contributed by atoms with Crippen LogP contribution in [0.2, 0.25) is 0 Å². The number of anilines is 1. The van der Waals surface area contributed by atoms with Gasteiger partial charge in [0.05, 0.1) is 6.61 Å². The van der Waals surface area contributed by atoms with Gasteiger partial charge in [-0.15, -0.1) is 0 Å². The van der Waals surface area contributed by atoms with Crippen molar-refractivity contribution < 1.29 is 19.1 Å². The molecule has 1 fully saturated rings. The zero-order chi connectivity index (χ0) is 20.9. The summed E-state index contributed by atoms with van der Waals surface area (Å²) in [7, 11) is 0. The summed E-state index contributed by atoms with van der Waals surface area (Å²) >= 11 is 0. The smallest absolute Gasteiger partial charge is 0.409 e. The Morgan fingerprint density at radius 3 is 2.39 bits per heavy atom. The number of hydrogen-bond donors (Lipinski definition) is 2. The van der Waals surface area contributed by atoms with E-state index < -0.39 is 5.41 Å². The van der Waals surface area contributed by atoms with Crippen molar-refractivity contribution in [2.75, 3.05) is 25.0 Å². The van der Waals surface area contributed by atoms with Crippen LogP contribution in [-0.2, 0) is 14.3 Å². The molecule has 0 atom stereocenters. The molecule has 0 aromatic heterocycles. The molecule has 1 aliphatic heterocycles. The lowest BCUT2D eigenvalue weighted by molar-refractivity contribution is -0.139. The van der Waals surface area contributed by atoms with Crippen LogP contribution >= 0.6 is 0 Å². The average molecular weight is 389 g/mol. The van der Waals surface area contributed by atoms with Crippen LogP contribution in [0.3, 0.4) is 0 Å². The van der Waals surface area contributed by atoms with Gasteiger partial charge >= 0.3 is 6.09 Å². The number of piperidine rings is 1. The van der Waals surface area contributed by atoms with E-state index in [0.29, 0.717) is 38.2 Å². The van der Waals surface area contributed by atoms with Gasteiger partial charge in [-0.05, 0) is 64.7 Å². The molecule has 0 unspecified atom stereocenters. The summed E-state index contributed by atoms with van der Waals surface area (Å²) in [6.45, 7) is 10.3. The van der Waals surface area contributed by atoms with Crippen LogP contribution in [0.25, 0.3) is 0 Å². The topological polar surface area (TPSA) is 87.7 Å². The van der Waals surface area contributed by atoms with Crippen molar-refractivity contribution in [1.29, 1.82) is 0 Å². The summed E-state index contributed by atoms with van der Waals surface area (Å²) in [5, 5.41) is 5.84. The average Bonchev–Trinajstić information content (AvgIpc) is 2.66. The van der Waals surface area contributed by atoms with E-state index in [2.05, 4.69) is 10.6 Å². The van der Waals surface area contributed by atoms with Gasteiger partial charge in [0.15, 0.2) is 0 Å². The summed E-state index contributed by atoms with van der Waals surface area (Å²) in [5.41, 5.74) is 1.56. The molecule has 154 valence electrons. The highest BCUT2D eigenvalue weighted by atomic mass is 16.6. The molecule has 1 saturated heterocycles. The Morgan fingerprint density at radius 2 is 1.79 bits per heavy atom. The van der Waals surface area contributed by atoms with Gasteiger partial charge in [-0.2, -0.15) is 0 Å². The van der Waals surface area contributed by atoms with Gasteiger partial charge in [-0.3, -0.25) is 9.59 Å². The van der Waals surface area contributed by atoms with Crippen LogP contribution < -0.4 is 10.6 Å². The van der Waals surface area contributed by atoms with Crippen LogP contribution in [0.5, 0.6) is 0 Å². The third-order valence-electron chi connectivity index (χ3n) is 5.34. The second-order valence-electron chi connectivity index (χ2n) is 7.76. The molecule has 28 heavy (non-hydrogen) atoms. The van der Waals surface area contributed by atoms with E-state index in [4.69, 9.17) is 4.74 Å². The van der Waals surface area contributed by atoms with Crippen LogP contribution in [0.4, 0.5) is 10.5 Å². The second kappa shape index (κ2) is 9.08. The Hall–Kier alpha value is -2.57. The zero-order valence-corrected chi connectivity index (χ0v) is 17.4. The lowest BCUT2D eigenvalue weighted by Crippen LogP contribution is -2.52. The number of rotatable bonds is 5. The molecule has 1 heterocycles. The number of nitrogens with zero attached hydrogens (tertiary/aromatic N) is 1. The monoisotopic (exact) mass is 389 g/mol. The molecule has 0 radical (unpaired) electrons. The summed E-state index contributed by atoms with van der Waals surface area (Å²) in [6, 6.07) is 5.62. The summed E-state index contributed by atoms with van der Waals surface area (Å²) in [4.78, 5) is 38.9. The van der Waals surface area contributed by atoms with Gasteiger partial charge in [0.25, 0.3) is 0 Å². The molecule has 2 rings (SSSR count). The minimum atomic E-state index is -1.21. The lowest BCUT2D eigenvalue weighted by Gasteiger charge is -2.33. The molecule has 2 N–H and O–H groups in total. The number of amides is 3. The number of carbonyl (C=O) groups is 3. The maximum absolute atomic E-state index is 12.8. The van der Waals surface area contributed by atoms with Crippen molar-refractivity contribution in [3.63, 3.8) is 0 Å². The molecule has 0 saturated carbocycles. The van der Waals surface area contributed by atoms with Gasteiger partial charge in [-0.1, -0.05) is 12.1 Å². The van der Waals surface area contributed by atoms with E-state index in [1.54, 1.807) is 25.7 Å². The predicted octanol–water partition coefficient (Wildman–Crippen LogP) is 3.01. The standard InChI is InChI=1S/C21H31N3O4/c1-6-28-20(27)24-12-10-16(11-13-24)22-18(25)21(4,5)19(26)23-17-9-7-8-14(2)15(17)3/h7-9,16H,6,10-13H2,1-5H3,(H,22,25)(H,23,26). The summed E-state index contributed by atoms with van der Waals surface area (Å²) in [6.07, 6.45) is 0.957. The van der Waals surface area contributed by atoms with Crippen molar-refractivity contribution in [1.82, 2.24) is 10.2 Å². The fourth-order valence-corrected chi connectivity index (χ4v) is 3.06. The molecular weight excluding hydrogens is 358 g/mol. The Labute approximate surface area is 166 Å². The molecule has 0 spiro atoms. The Bertz CT molecular complexity index is 737. The van der Waals surface area contributed by atoms with Gasteiger partial charge in [-0.25, -0.2) is 4.79 Å². The van der Waals surface area contributed by atoms with Crippen LogP contribution in [0.1, 0.15) is 44.7 Å². The van der Waals surface area contributed by atoms with E-state index in [1.165, 1.54) is 0 Å². The molecule has 0 bridgehead atoms. The minimum Gasteiger partial charge on any atom is -0.450 e. The first-order chi connectivity index (χ1) is 13.2. The molecule has 1 aromatic carbocycles. The predicted molar refractivity (Wildman–Crippen MR) is 108 cm³/mol. The fourth-order valence-electron chi connectivity index (χ4n) is 3.06. The van der Waals surface area contributed by atoms with Crippen molar-refractivity contribution in [2.24, 2.45) is 5.41 Å². The first kappa shape index (κ1) is 21.7. The van der Waals surface area contributed by atoms with Crippen molar-refractivity contribution in [3.05, 3.63) is 29.3 Å². The fraction of sp³-hybridized carbons (Fsp3) is 0.571. The van der Waals surface area contributed by atoms with E-state index in [-0.39, 0.29) is 23.9 Å². The molecule has 3 amide bonds. The van der Waals surface area contributed by atoms with E-state index in [0.717, 1.165) is 11.1 Å². The number of aryl methyl sites for hydroxylation is 1. The molecule has 0 aliphatic carbocycles. The third kappa shape index (κ3) is 5.03. The lowest BCUT2D eigenvalue weighted by atomic mass is 9.89. The first-order valence-corrected chi connectivity index (χ1v) is 9.77. The van der Waals surface area contributed by atoms with Crippen molar-refractivity contribution in [3.8, 4) is 0 Å². The van der Waals surface area contributed by atoms with E-state index in [9.17, 15) is 14.4 Å². The molecular formula is C21H31N3O4. The zero-order valence-electron chi connectivity index (χ0n) is 17.4. The van der Waals surface area contributed by atoms with Gasteiger partial charge < -0.3 is 20.3 Å². The number of likely N-dealkylation sites (tertiary alicyclic amines) is 1. The van der Waals surface area contributed by atoms with Crippen LogP contribution in [0, 0.1) is 19.3 Å². The first-order valence-electron chi connectivity index (χ1n) is 9.77. The Balaban J connectivity index is 1.93. The quantitative estimate of drug-likeness (QED) is 0.758. The molecule has 7 heteroatoms. The van der Waals surface area contributed by atoms with Crippen LogP contribution in [0.15, 0.2) is 18.2 Å². The highest BCUT2D eigenvalue weighted by Gasteiger charge is 2.38. The Morgan fingerprint density at radius 1 is 1.14 bits per heavy atom. The summed E-state index contributed by atoms with van der Waals surface area (Å²) in [5.74, 6) is -0.660. The van der Waals surface area contributed by atoms with Gasteiger partial charge in [0.2, 0.25) is 11.8 Å². The van der Waals surface area contributed by atoms with E-state index in [1.807, 2.05) is 32.0 Å². The number of hydrogen-bond acceptors (Lipinski definition) is 4. The summed E-state index contributed by atoms with van der Waals surface area (Å²) < 4.78 is 5.00. The Kier molecular flexibility index (Phi) is 7.05. The molecule has 1 aliphatic rings. The highest BCUT2D eigenvalue weighted by molar-refractivity contribution is 6.10. The molecule has 7 nitrogen and oxygen atoms in total. The van der Waals surface area contributed by atoms with Gasteiger partial charge in [0.1, 0.15) is 5.41 Å². The maximum atomic E-state index is 12.8. The molecule has 1 aromatic rings. The number of nitrogens with one attached hydrogen (secondary N) is 2. The maximum Gasteiger partial charge on any atom is 0.409 e. The second-order valence-corrected chi connectivity index (χ2v) is 7.76. The minimum absolute atomic E-state index is 0.0639. The number of ether oxygens (including phenoxy) is 1. The SMILES string of the molecule is CCOC(=O)N1CCC(NC(=O)C(C)(C)C(=O)Nc2cccc(C)c2C)CC1. The van der Waals surface area contributed by atoms with Gasteiger partial charge in [0, 0.05) is 24.8 Å². The number of benzene rings is 1. The van der Waals surface area contributed by atoms with Crippen molar-refractivity contribution >= 4 is 23.6 Å². The van der Waals surface area contributed by atoms with Crippen molar-refractivity contribution in [2.45, 2.75) is 53.5 Å². The van der Waals surface area contributed by atoms with Crippen LogP contribution in [-0.4, -0.2) is 48.5 Å². The highest BCUT2D eigenvalue weighted by Crippen LogP contribution is 2.24. The van der Waals surface area contributed by atoms with E-state index >= 15 is 0 Å².